The number of carbonyl (C=O) groups excluding carboxylic acids is 3. The zero-order valence-corrected chi connectivity index (χ0v) is 21.7. The molecule has 2 aliphatic rings. The molecule has 0 aliphatic carbocycles. The molecule has 2 aromatic rings. The molecule has 4 rings (SSSR count). The van der Waals surface area contributed by atoms with E-state index in [0.717, 1.165) is 32.6 Å². The number of nitrogens with one attached hydrogen (secondary N) is 1. The Morgan fingerprint density at radius 3 is 2.76 bits per heavy atom. The third-order valence-electron chi connectivity index (χ3n) is 4.68. The summed E-state index contributed by atoms with van der Waals surface area (Å²) in [7, 11) is 0. The van der Waals surface area contributed by atoms with Crippen molar-refractivity contribution in [1.82, 2.24) is 24.8 Å². The second-order valence-corrected chi connectivity index (χ2v) is 9.38. The number of allylic oxidation sites excluding steroid dienone is 1. The molecule has 12 nitrogen and oxygen atoms in total. The summed E-state index contributed by atoms with van der Waals surface area (Å²) in [5, 5.41) is 31.3. The number of thioether (sulfide) groups is 1. The van der Waals surface area contributed by atoms with Gasteiger partial charge in [-0.25, -0.2) is 4.98 Å². The smallest absolute Gasteiger partial charge is 0.543 e. The number of carboxylic acids is 1. The maximum Gasteiger partial charge on any atom is 1.00 e. The molecule has 166 valence electrons. The van der Waals surface area contributed by atoms with Gasteiger partial charge in [-0.2, -0.15) is 0 Å². The molecule has 16 heteroatoms. The predicted octanol–water partition coefficient (Wildman–Crippen LogP) is -3.82. The van der Waals surface area contributed by atoms with Crippen molar-refractivity contribution in [2.75, 3.05) is 11.5 Å². The van der Waals surface area contributed by atoms with Crippen molar-refractivity contribution in [1.29, 1.82) is 0 Å². The van der Waals surface area contributed by atoms with E-state index in [2.05, 4.69) is 25.0 Å². The molecule has 2 aliphatic heterocycles. The van der Waals surface area contributed by atoms with Crippen LogP contribution in [0.15, 0.2) is 27.9 Å². The van der Waals surface area contributed by atoms with Crippen molar-refractivity contribution >= 4 is 69.3 Å². The Morgan fingerprint density at radius 2 is 2.18 bits per heavy atom. The fraction of sp³-hybridized carbons (Fsp3) is 0.235. The van der Waals surface area contributed by atoms with Gasteiger partial charge in [-0.3, -0.25) is 14.5 Å². The number of oxime groups is 1. The Hall–Kier alpha value is -2.30. The van der Waals surface area contributed by atoms with Crippen LogP contribution in [0.4, 0.5) is 5.13 Å². The summed E-state index contributed by atoms with van der Waals surface area (Å²) >= 11 is 3.50. The molecule has 2 amide bonds. The Labute approximate surface area is 221 Å². The number of hydrogen-bond acceptors (Lipinski definition) is 13. The van der Waals surface area contributed by atoms with Gasteiger partial charge < -0.3 is 26.2 Å². The molecule has 0 radical (unpaired) electrons. The van der Waals surface area contributed by atoms with Gasteiger partial charge in [0.2, 0.25) is 0 Å². The van der Waals surface area contributed by atoms with Crippen molar-refractivity contribution < 1.29 is 54.3 Å². The molecule has 1 unspecified atom stereocenters. The van der Waals surface area contributed by atoms with Crippen LogP contribution in [-0.4, -0.2) is 65.3 Å². The molecule has 2 atom stereocenters. The van der Waals surface area contributed by atoms with E-state index in [-0.39, 0.29) is 51.8 Å². The third-order valence-corrected chi connectivity index (χ3v) is 7.45. The molecule has 1 saturated heterocycles. The summed E-state index contributed by atoms with van der Waals surface area (Å²) in [6, 6.07) is -1.01. The minimum atomic E-state index is -1.50. The number of anilines is 1. The molecular weight excluding hydrogens is 501 g/mol. The van der Waals surface area contributed by atoms with Crippen LogP contribution in [0.25, 0.3) is 6.08 Å². The van der Waals surface area contributed by atoms with Crippen molar-refractivity contribution in [3.05, 3.63) is 39.0 Å². The molecule has 4 N–H and O–H groups in total. The van der Waals surface area contributed by atoms with Gasteiger partial charge in [0.1, 0.15) is 17.1 Å². The van der Waals surface area contributed by atoms with Gasteiger partial charge >= 0.3 is 29.6 Å². The molecule has 0 bridgehead atoms. The second-order valence-electron chi connectivity index (χ2n) is 6.60. The van der Waals surface area contributed by atoms with Crippen LogP contribution in [0.5, 0.6) is 0 Å². The van der Waals surface area contributed by atoms with E-state index in [0.29, 0.717) is 11.3 Å². The van der Waals surface area contributed by atoms with Gasteiger partial charge in [0.05, 0.1) is 22.2 Å². The van der Waals surface area contributed by atoms with Crippen LogP contribution in [0.2, 0.25) is 0 Å². The largest absolute Gasteiger partial charge is 1.00 e. The number of rotatable bonds is 6. The van der Waals surface area contributed by atoms with Crippen LogP contribution in [0.3, 0.4) is 0 Å². The fourth-order valence-corrected chi connectivity index (χ4v) is 5.57. The van der Waals surface area contributed by atoms with Gasteiger partial charge in [-0.15, -0.1) is 28.2 Å². The van der Waals surface area contributed by atoms with Crippen LogP contribution in [0.1, 0.15) is 16.3 Å². The number of amides is 2. The van der Waals surface area contributed by atoms with E-state index in [1.165, 1.54) is 17.1 Å². The molecule has 0 aromatic carbocycles. The Bertz CT molecular complexity index is 1210. The number of hydrogen-bond donors (Lipinski definition) is 3. The normalized spacial score (nSPS) is 20.3. The third kappa shape index (κ3) is 4.83. The first-order chi connectivity index (χ1) is 15.3. The van der Waals surface area contributed by atoms with Gasteiger partial charge in [0.25, 0.3) is 11.8 Å². The van der Waals surface area contributed by atoms with Crippen molar-refractivity contribution in [2.24, 2.45) is 5.16 Å². The number of fused-ring (bicyclic) bond motifs is 1. The zero-order chi connectivity index (χ0) is 23.0. The molecule has 0 saturated carbocycles. The Morgan fingerprint density at radius 1 is 1.42 bits per heavy atom. The zero-order valence-electron chi connectivity index (χ0n) is 17.2. The number of aryl methyl sites for hydroxylation is 1. The molecule has 2 aromatic heterocycles. The van der Waals surface area contributed by atoms with Crippen molar-refractivity contribution in [3.63, 3.8) is 0 Å². The Kier molecular flexibility index (Phi) is 7.92. The minimum Gasteiger partial charge on any atom is -0.543 e. The molecule has 4 heterocycles. The quantitative estimate of drug-likeness (QED) is 0.113. The van der Waals surface area contributed by atoms with Crippen molar-refractivity contribution in [2.45, 2.75) is 18.3 Å². The van der Waals surface area contributed by atoms with Gasteiger partial charge in [-0.05, 0) is 30.1 Å². The first-order valence-electron chi connectivity index (χ1n) is 8.92. The minimum absolute atomic E-state index is 0. The summed E-state index contributed by atoms with van der Waals surface area (Å²) < 4.78 is 3.82. The number of β-lactam (4-membered cyclic amide) rings is 1. The van der Waals surface area contributed by atoms with Gasteiger partial charge in [0.15, 0.2) is 10.8 Å². The molecular formula is C17H14N7NaO5S3. The predicted molar refractivity (Wildman–Crippen MR) is 116 cm³/mol. The monoisotopic (exact) mass is 515 g/mol. The number of aliphatic carboxylic acids is 1. The van der Waals surface area contributed by atoms with Crippen LogP contribution >= 0.6 is 34.6 Å². The van der Waals surface area contributed by atoms with Crippen molar-refractivity contribution in [3.8, 4) is 0 Å². The summed E-state index contributed by atoms with van der Waals surface area (Å²) in [4.78, 5) is 42.8. The summed E-state index contributed by atoms with van der Waals surface area (Å²) in [5.41, 5.74) is 6.04. The van der Waals surface area contributed by atoms with Gasteiger partial charge in [0, 0.05) is 11.1 Å². The number of nitrogens with zero attached hydrogens (tertiary/aromatic N) is 5. The van der Waals surface area contributed by atoms with Crippen LogP contribution in [-0.2, 0) is 14.4 Å². The Balaban J connectivity index is 0.00000306. The van der Waals surface area contributed by atoms with E-state index in [4.69, 9.17) is 5.73 Å². The van der Waals surface area contributed by atoms with Gasteiger partial charge in [-0.1, -0.05) is 15.7 Å². The fourth-order valence-electron chi connectivity index (χ4n) is 3.15. The number of aromatic nitrogens is 3. The second kappa shape index (κ2) is 10.3. The van der Waals surface area contributed by atoms with E-state index >= 15 is 0 Å². The number of carboxylic acid groups (broad SMARTS) is 1. The maximum atomic E-state index is 12.7. The van der Waals surface area contributed by atoms with Crippen LogP contribution in [0, 0.1) is 6.92 Å². The first-order valence-corrected chi connectivity index (χ1v) is 11.6. The number of nitrogen functional groups attached to an aromatic ring is 1. The molecule has 33 heavy (non-hydrogen) atoms. The maximum absolute atomic E-state index is 12.7. The SMILES string of the molecule is Cc1nnsc1/C=C\C1=C(C(=O)[O-])N2C(=O)C(NC(=O)/C(=N\O)c3csc(N)n3)[C@@H]2SC1.[Na+]. The average molecular weight is 516 g/mol. The van der Waals surface area contributed by atoms with E-state index < -0.39 is 34.9 Å². The summed E-state index contributed by atoms with van der Waals surface area (Å²) in [5.74, 6) is -2.68. The summed E-state index contributed by atoms with van der Waals surface area (Å²) in [6.07, 6.45) is 3.28. The molecule has 0 spiro atoms. The summed E-state index contributed by atoms with van der Waals surface area (Å²) in [6.45, 7) is 1.78. The topological polar surface area (TPSA) is 187 Å². The number of carbonyl (C=O) groups is 3. The standard InChI is InChI=1S/C17H15N7O5S3.Na/c1-6-9(32-23-21-6)3-2-7-4-30-15-11(14(26)24(15)12(7)16(27)28)20-13(25)10(22-29)8-5-31-17(18)19-8;/h2-3,5,11,15,29H,4H2,1H3,(H2,18,19)(H,20,25)(H,27,28);/q;+1/p-1/b3-2-,22-10-;/t11?,15-;/m0./s1. The van der Waals surface area contributed by atoms with E-state index in [1.54, 1.807) is 19.1 Å². The first kappa shape index (κ1) is 25.3. The van der Waals surface area contributed by atoms with E-state index in [9.17, 15) is 24.7 Å². The van der Waals surface area contributed by atoms with E-state index in [1.807, 2.05) is 0 Å². The number of thiazole rings is 1. The van der Waals surface area contributed by atoms with Crippen LogP contribution < -0.4 is 45.7 Å². The average Bonchev–Trinajstić information content (AvgIpc) is 3.37. The molecule has 1 fully saturated rings. The number of nitrogens with two attached hydrogens (primary N) is 1.